The molecule has 0 aromatic heterocycles. The first-order valence-electron chi connectivity index (χ1n) is 8.62. The minimum Gasteiger partial charge on any atom is -0.422 e. The van der Waals surface area contributed by atoms with Crippen LogP contribution in [0.2, 0.25) is 0 Å². The largest absolute Gasteiger partial charge is 0.422 e. The zero-order chi connectivity index (χ0) is 20.6. The molecule has 0 heterocycles. The zero-order valence-electron chi connectivity index (χ0n) is 15.1. The number of para-hydroxylation sites is 1. The van der Waals surface area contributed by atoms with Crippen molar-refractivity contribution >= 4 is 39.6 Å². The summed E-state index contributed by atoms with van der Waals surface area (Å²) in [5, 5.41) is 12.1. The molecule has 0 spiro atoms. The van der Waals surface area contributed by atoms with E-state index >= 15 is 0 Å². The lowest BCUT2D eigenvalue weighted by Crippen LogP contribution is -2.13. The van der Waals surface area contributed by atoms with Crippen molar-refractivity contribution in [3.05, 3.63) is 100 Å². The van der Waals surface area contributed by atoms with Crippen molar-refractivity contribution in [1.29, 1.82) is 5.26 Å². The topological polar surface area (TPSA) is 79.2 Å². The number of ether oxygens (including phenoxy) is 1. The summed E-state index contributed by atoms with van der Waals surface area (Å²) in [5.41, 5.74) is 1.27. The Bertz CT molecular complexity index is 1100. The van der Waals surface area contributed by atoms with Crippen LogP contribution in [0.1, 0.15) is 15.9 Å². The van der Waals surface area contributed by atoms with Crippen LogP contribution in [-0.2, 0) is 4.79 Å². The summed E-state index contributed by atoms with van der Waals surface area (Å²) in [7, 11) is 0. The fraction of sp³-hybridized carbons (Fsp3) is 0. The first-order chi connectivity index (χ1) is 14.1. The minimum atomic E-state index is -0.556. The van der Waals surface area contributed by atoms with Crippen molar-refractivity contribution in [3.63, 3.8) is 0 Å². The van der Waals surface area contributed by atoms with Gasteiger partial charge in [-0.05, 0) is 48.5 Å². The number of carbonyl (C=O) groups is 2. The number of nitrogens with one attached hydrogen (secondary N) is 1. The van der Waals surface area contributed by atoms with Crippen molar-refractivity contribution in [2.45, 2.75) is 0 Å². The molecule has 0 fully saturated rings. The summed E-state index contributed by atoms with van der Waals surface area (Å²) in [6.45, 7) is 0. The summed E-state index contributed by atoms with van der Waals surface area (Å²) in [6.07, 6.45) is 1.39. The van der Waals surface area contributed by atoms with Crippen LogP contribution >= 0.6 is 15.9 Å². The van der Waals surface area contributed by atoms with E-state index in [1.807, 2.05) is 12.1 Å². The van der Waals surface area contributed by atoms with E-state index < -0.39 is 11.9 Å². The van der Waals surface area contributed by atoms with Gasteiger partial charge in [0.15, 0.2) is 0 Å². The molecule has 1 amide bonds. The van der Waals surface area contributed by atoms with Gasteiger partial charge in [0, 0.05) is 15.7 Å². The fourth-order valence-corrected chi connectivity index (χ4v) is 2.86. The van der Waals surface area contributed by atoms with E-state index in [2.05, 4.69) is 21.2 Å². The predicted molar refractivity (Wildman–Crippen MR) is 114 cm³/mol. The predicted octanol–water partition coefficient (Wildman–Crippen LogP) is 5.21. The molecule has 0 atom stereocenters. The van der Waals surface area contributed by atoms with Crippen molar-refractivity contribution in [2.24, 2.45) is 0 Å². The number of carbonyl (C=O) groups excluding carboxylic acids is 2. The number of hydrogen-bond donors (Lipinski definition) is 1. The number of anilines is 1. The van der Waals surface area contributed by atoms with Crippen LogP contribution < -0.4 is 10.1 Å². The monoisotopic (exact) mass is 446 g/mol. The van der Waals surface area contributed by atoms with Gasteiger partial charge in [-0.2, -0.15) is 5.26 Å². The van der Waals surface area contributed by atoms with Gasteiger partial charge in [-0.15, -0.1) is 0 Å². The summed E-state index contributed by atoms with van der Waals surface area (Å²) in [5.74, 6) is -0.851. The molecular formula is C23H15BrN2O3. The molecule has 1 N–H and O–H groups in total. The van der Waals surface area contributed by atoms with Crippen LogP contribution in [0.5, 0.6) is 5.75 Å². The molecule has 3 aromatic carbocycles. The average molecular weight is 447 g/mol. The number of amides is 1. The van der Waals surface area contributed by atoms with Crippen molar-refractivity contribution in [3.8, 4) is 11.8 Å². The zero-order valence-corrected chi connectivity index (χ0v) is 16.7. The molecule has 0 bridgehead atoms. The molecule has 0 unspecified atom stereocenters. The maximum absolute atomic E-state index is 12.5. The maximum atomic E-state index is 12.5. The standard InChI is InChI=1S/C23H15BrN2O3/c24-19-11-12-21(29-23(28)16-7-3-1-4-8-16)17(14-19)13-18(15-25)22(27)26-20-9-5-2-6-10-20/h1-14H,(H,26,27)/b18-13+. The van der Waals surface area contributed by atoms with Crippen LogP contribution in [0.4, 0.5) is 5.69 Å². The Labute approximate surface area is 176 Å². The summed E-state index contributed by atoms with van der Waals surface area (Å²) in [6, 6.07) is 24.3. The number of esters is 1. The lowest BCUT2D eigenvalue weighted by atomic mass is 10.1. The van der Waals surface area contributed by atoms with Gasteiger partial charge in [0.2, 0.25) is 0 Å². The molecule has 142 valence electrons. The van der Waals surface area contributed by atoms with E-state index in [1.54, 1.807) is 72.8 Å². The Morgan fingerprint density at radius 2 is 1.62 bits per heavy atom. The Morgan fingerprint density at radius 3 is 2.28 bits per heavy atom. The van der Waals surface area contributed by atoms with Crippen molar-refractivity contribution in [1.82, 2.24) is 0 Å². The summed E-state index contributed by atoms with van der Waals surface area (Å²) >= 11 is 3.36. The first-order valence-corrected chi connectivity index (χ1v) is 9.41. The number of halogens is 1. The Balaban J connectivity index is 1.88. The third kappa shape index (κ3) is 5.41. The van der Waals surface area contributed by atoms with Crippen LogP contribution in [0.3, 0.4) is 0 Å². The van der Waals surface area contributed by atoms with Crippen LogP contribution in [0.15, 0.2) is 88.9 Å². The van der Waals surface area contributed by atoms with Gasteiger partial charge < -0.3 is 10.1 Å². The van der Waals surface area contributed by atoms with Crippen LogP contribution in [0.25, 0.3) is 6.08 Å². The molecule has 0 aliphatic rings. The summed E-state index contributed by atoms with van der Waals surface area (Å²) in [4.78, 5) is 24.8. The number of hydrogen-bond acceptors (Lipinski definition) is 4. The molecule has 29 heavy (non-hydrogen) atoms. The van der Waals surface area contributed by atoms with E-state index in [0.717, 1.165) is 0 Å². The molecule has 0 aliphatic heterocycles. The summed E-state index contributed by atoms with van der Waals surface area (Å²) < 4.78 is 6.20. The lowest BCUT2D eigenvalue weighted by molar-refractivity contribution is -0.112. The maximum Gasteiger partial charge on any atom is 0.343 e. The normalized spacial score (nSPS) is 10.7. The number of benzene rings is 3. The van der Waals surface area contributed by atoms with E-state index in [4.69, 9.17) is 4.74 Å². The van der Waals surface area contributed by atoms with Crippen LogP contribution in [-0.4, -0.2) is 11.9 Å². The van der Waals surface area contributed by atoms with Gasteiger partial charge in [-0.3, -0.25) is 4.79 Å². The van der Waals surface area contributed by atoms with E-state index in [9.17, 15) is 14.9 Å². The van der Waals surface area contributed by atoms with Crippen molar-refractivity contribution < 1.29 is 14.3 Å². The molecule has 6 heteroatoms. The Kier molecular flexibility index (Phi) is 6.56. The molecule has 0 aliphatic carbocycles. The van der Waals surface area contributed by atoms with Gasteiger partial charge in [-0.25, -0.2) is 4.79 Å². The molecule has 3 aromatic rings. The molecule has 5 nitrogen and oxygen atoms in total. The second-order valence-corrected chi connectivity index (χ2v) is 6.84. The average Bonchev–Trinajstić information content (AvgIpc) is 2.75. The third-order valence-corrected chi connectivity index (χ3v) is 4.37. The van der Waals surface area contributed by atoms with E-state index in [-0.39, 0.29) is 11.3 Å². The van der Waals surface area contributed by atoms with Gasteiger partial charge >= 0.3 is 5.97 Å². The van der Waals surface area contributed by atoms with Crippen molar-refractivity contribution in [2.75, 3.05) is 5.32 Å². The minimum absolute atomic E-state index is 0.121. The second-order valence-electron chi connectivity index (χ2n) is 5.93. The molecular weight excluding hydrogens is 432 g/mol. The highest BCUT2D eigenvalue weighted by molar-refractivity contribution is 9.10. The van der Waals surface area contributed by atoms with Crippen LogP contribution in [0, 0.1) is 11.3 Å². The first kappa shape index (κ1) is 20.1. The highest BCUT2D eigenvalue weighted by Gasteiger charge is 2.14. The Hall–Kier alpha value is -3.69. The smallest absolute Gasteiger partial charge is 0.343 e. The lowest BCUT2D eigenvalue weighted by Gasteiger charge is -2.09. The number of nitrogens with zero attached hydrogens (tertiary/aromatic N) is 1. The van der Waals surface area contributed by atoms with Gasteiger partial charge in [0.05, 0.1) is 5.56 Å². The quantitative estimate of drug-likeness (QED) is 0.252. The molecule has 0 saturated heterocycles. The van der Waals surface area contributed by atoms with E-state index in [1.165, 1.54) is 6.08 Å². The number of rotatable bonds is 5. The number of nitriles is 1. The molecule has 0 saturated carbocycles. The van der Waals surface area contributed by atoms with Gasteiger partial charge in [0.1, 0.15) is 17.4 Å². The van der Waals surface area contributed by atoms with Gasteiger partial charge in [-0.1, -0.05) is 52.3 Å². The Morgan fingerprint density at radius 1 is 0.966 bits per heavy atom. The second kappa shape index (κ2) is 9.49. The highest BCUT2D eigenvalue weighted by Crippen LogP contribution is 2.26. The molecule has 3 rings (SSSR count). The fourth-order valence-electron chi connectivity index (χ4n) is 2.48. The van der Waals surface area contributed by atoms with Gasteiger partial charge in [0.25, 0.3) is 5.91 Å². The SMILES string of the molecule is N#C/C(=C\c1cc(Br)ccc1OC(=O)c1ccccc1)C(=O)Nc1ccccc1. The highest BCUT2D eigenvalue weighted by atomic mass is 79.9. The van der Waals surface area contributed by atoms with E-state index in [0.29, 0.717) is 21.3 Å². The molecule has 0 radical (unpaired) electrons. The third-order valence-electron chi connectivity index (χ3n) is 3.88.